The van der Waals surface area contributed by atoms with Crippen molar-refractivity contribution in [1.29, 1.82) is 0 Å². The Hall–Kier alpha value is -0.260. The minimum atomic E-state index is 0.185. The van der Waals surface area contributed by atoms with Gasteiger partial charge in [-0.25, -0.2) is 0 Å². The zero-order chi connectivity index (χ0) is 15.2. The highest BCUT2D eigenvalue weighted by molar-refractivity contribution is 9.11. The van der Waals surface area contributed by atoms with Crippen molar-refractivity contribution in [1.82, 2.24) is 5.32 Å². The van der Waals surface area contributed by atoms with E-state index in [-0.39, 0.29) is 5.54 Å². The van der Waals surface area contributed by atoms with Crippen LogP contribution in [0.15, 0.2) is 21.1 Å². The second kappa shape index (κ2) is 8.25. The zero-order valence-corrected chi connectivity index (χ0v) is 15.7. The number of benzene rings is 1. The molecule has 0 saturated carbocycles. The molecular formula is C15H23Br2NO2. The van der Waals surface area contributed by atoms with Gasteiger partial charge in [0.2, 0.25) is 0 Å². The van der Waals surface area contributed by atoms with Crippen molar-refractivity contribution in [2.45, 2.75) is 39.2 Å². The lowest BCUT2D eigenvalue weighted by Crippen LogP contribution is -2.36. The maximum Gasteiger partial charge on any atom is 0.134 e. The van der Waals surface area contributed by atoms with Crippen molar-refractivity contribution >= 4 is 31.9 Å². The SMILES string of the molecule is COc1cc(Br)c(OCCCCNC(C)(C)C)cc1Br. The monoisotopic (exact) mass is 407 g/mol. The third kappa shape index (κ3) is 6.46. The smallest absolute Gasteiger partial charge is 0.134 e. The summed E-state index contributed by atoms with van der Waals surface area (Å²) in [7, 11) is 1.65. The molecule has 1 N–H and O–H groups in total. The number of methoxy groups -OCH3 is 1. The molecule has 0 radical (unpaired) electrons. The van der Waals surface area contributed by atoms with Crippen LogP contribution in [0.25, 0.3) is 0 Å². The summed E-state index contributed by atoms with van der Waals surface area (Å²) in [4.78, 5) is 0. The number of ether oxygens (including phenoxy) is 2. The van der Waals surface area contributed by atoms with E-state index in [0.29, 0.717) is 6.61 Å². The predicted octanol–water partition coefficient (Wildman–Crippen LogP) is 4.77. The molecule has 5 heteroatoms. The standard InChI is InChI=1S/C15H23Br2NO2/c1-15(2,3)18-7-5-6-8-20-14-10-11(16)13(19-4)9-12(14)17/h9-10,18H,5-8H2,1-4H3. The van der Waals surface area contributed by atoms with Crippen LogP contribution >= 0.6 is 31.9 Å². The fourth-order valence-corrected chi connectivity index (χ4v) is 2.57. The molecule has 0 atom stereocenters. The summed E-state index contributed by atoms with van der Waals surface area (Å²) < 4.78 is 12.8. The molecule has 0 saturated heterocycles. The maximum atomic E-state index is 5.79. The zero-order valence-electron chi connectivity index (χ0n) is 12.6. The fraction of sp³-hybridized carbons (Fsp3) is 0.600. The first kappa shape index (κ1) is 17.8. The largest absolute Gasteiger partial charge is 0.496 e. The highest BCUT2D eigenvalue weighted by atomic mass is 79.9. The Morgan fingerprint density at radius 3 is 2.25 bits per heavy atom. The molecule has 0 spiro atoms. The number of hydrogen-bond donors (Lipinski definition) is 1. The van der Waals surface area contributed by atoms with E-state index in [2.05, 4.69) is 57.9 Å². The van der Waals surface area contributed by atoms with Gasteiger partial charge in [0.1, 0.15) is 11.5 Å². The Balaban J connectivity index is 2.34. The van der Waals surface area contributed by atoms with Crippen LogP contribution in [0.5, 0.6) is 11.5 Å². The molecule has 0 heterocycles. The van der Waals surface area contributed by atoms with E-state index in [0.717, 1.165) is 39.8 Å². The van der Waals surface area contributed by atoms with Gasteiger partial charge in [-0.15, -0.1) is 0 Å². The quantitative estimate of drug-likeness (QED) is 0.659. The van der Waals surface area contributed by atoms with Crippen LogP contribution in [0.3, 0.4) is 0 Å². The van der Waals surface area contributed by atoms with Gasteiger partial charge in [-0.1, -0.05) is 0 Å². The van der Waals surface area contributed by atoms with Gasteiger partial charge in [0.25, 0.3) is 0 Å². The molecule has 0 aliphatic heterocycles. The van der Waals surface area contributed by atoms with Crippen LogP contribution in [0.4, 0.5) is 0 Å². The lowest BCUT2D eigenvalue weighted by atomic mass is 10.1. The predicted molar refractivity (Wildman–Crippen MR) is 90.9 cm³/mol. The van der Waals surface area contributed by atoms with Gasteiger partial charge in [-0.3, -0.25) is 0 Å². The van der Waals surface area contributed by atoms with Gasteiger partial charge in [-0.05, 0) is 84.2 Å². The van der Waals surface area contributed by atoms with Crippen LogP contribution < -0.4 is 14.8 Å². The van der Waals surface area contributed by atoms with Gasteiger partial charge in [0.05, 0.1) is 22.7 Å². The normalized spacial score (nSPS) is 11.5. The van der Waals surface area contributed by atoms with Crippen molar-refractivity contribution in [2.75, 3.05) is 20.3 Å². The molecule has 0 bridgehead atoms. The molecule has 0 amide bonds. The summed E-state index contributed by atoms with van der Waals surface area (Å²) in [6.45, 7) is 8.25. The second-order valence-corrected chi connectivity index (χ2v) is 7.36. The first-order chi connectivity index (χ1) is 9.33. The Bertz CT molecular complexity index is 431. The van der Waals surface area contributed by atoms with Crippen molar-refractivity contribution in [3.8, 4) is 11.5 Å². The number of hydrogen-bond acceptors (Lipinski definition) is 3. The molecule has 1 aromatic rings. The van der Waals surface area contributed by atoms with E-state index in [9.17, 15) is 0 Å². The summed E-state index contributed by atoms with van der Waals surface area (Å²) in [5, 5.41) is 3.47. The van der Waals surface area contributed by atoms with E-state index in [4.69, 9.17) is 9.47 Å². The third-order valence-electron chi connectivity index (χ3n) is 2.69. The number of halogens is 2. The van der Waals surface area contributed by atoms with Crippen LogP contribution in [-0.2, 0) is 0 Å². The van der Waals surface area contributed by atoms with Gasteiger partial charge in [0.15, 0.2) is 0 Å². The number of nitrogens with one attached hydrogen (secondary N) is 1. The van der Waals surface area contributed by atoms with E-state index >= 15 is 0 Å². The molecule has 3 nitrogen and oxygen atoms in total. The lowest BCUT2D eigenvalue weighted by Gasteiger charge is -2.20. The van der Waals surface area contributed by atoms with Gasteiger partial charge in [-0.2, -0.15) is 0 Å². The third-order valence-corrected chi connectivity index (χ3v) is 3.93. The summed E-state index contributed by atoms with van der Waals surface area (Å²) >= 11 is 6.95. The Labute approximate surface area is 138 Å². The molecule has 1 aromatic carbocycles. The van der Waals surface area contributed by atoms with E-state index in [1.54, 1.807) is 7.11 Å². The van der Waals surface area contributed by atoms with Crippen molar-refractivity contribution in [2.24, 2.45) is 0 Å². The summed E-state index contributed by atoms with van der Waals surface area (Å²) in [6.07, 6.45) is 2.13. The van der Waals surface area contributed by atoms with E-state index in [1.807, 2.05) is 12.1 Å². The van der Waals surface area contributed by atoms with Crippen LogP contribution in [0.1, 0.15) is 33.6 Å². The van der Waals surface area contributed by atoms with E-state index in [1.165, 1.54) is 0 Å². The van der Waals surface area contributed by atoms with E-state index < -0.39 is 0 Å². The first-order valence-electron chi connectivity index (χ1n) is 6.74. The molecule has 0 unspecified atom stereocenters. The van der Waals surface area contributed by atoms with Crippen LogP contribution in [-0.4, -0.2) is 25.8 Å². The van der Waals surface area contributed by atoms with Gasteiger partial charge in [0, 0.05) is 5.54 Å². The average molecular weight is 409 g/mol. The van der Waals surface area contributed by atoms with Crippen molar-refractivity contribution in [3.63, 3.8) is 0 Å². The number of unbranched alkanes of at least 4 members (excludes halogenated alkanes) is 1. The highest BCUT2D eigenvalue weighted by Crippen LogP contribution is 2.36. The Morgan fingerprint density at radius 1 is 1.05 bits per heavy atom. The number of rotatable bonds is 7. The maximum absolute atomic E-state index is 5.79. The minimum absolute atomic E-state index is 0.185. The van der Waals surface area contributed by atoms with Gasteiger partial charge >= 0.3 is 0 Å². The average Bonchev–Trinajstić information content (AvgIpc) is 2.35. The second-order valence-electron chi connectivity index (χ2n) is 5.65. The summed E-state index contributed by atoms with van der Waals surface area (Å²) in [6, 6.07) is 3.83. The molecule has 0 aliphatic rings. The molecule has 0 fully saturated rings. The highest BCUT2D eigenvalue weighted by Gasteiger charge is 2.09. The minimum Gasteiger partial charge on any atom is -0.496 e. The molecule has 0 aromatic heterocycles. The van der Waals surface area contributed by atoms with Crippen molar-refractivity contribution < 1.29 is 9.47 Å². The fourth-order valence-electron chi connectivity index (χ4n) is 1.65. The lowest BCUT2D eigenvalue weighted by molar-refractivity contribution is 0.299. The molecule has 0 aliphatic carbocycles. The molecule has 114 valence electrons. The molecule has 20 heavy (non-hydrogen) atoms. The first-order valence-corrected chi connectivity index (χ1v) is 8.33. The molecule has 1 rings (SSSR count). The van der Waals surface area contributed by atoms with Gasteiger partial charge < -0.3 is 14.8 Å². The van der Waals surface area contributed by atoms with Crippen molar-refractivity contribution in [3.05, 3.63) is 21.1 Å². The summed E-state index contributed by atoms with van der Waals surface area (Å²) in [5.74, 6) is 1.63. The Kier molecular flexibility index (Phi) is 7.34. The topological polar surface area (TPSA) is 30.5 Å². The molecular weight excluding hydrogens is 386 g/mol. The van der Waals surface area contributed by atoms with Crippen LogP contribution in [0, 0.1) is 0 Å². The van der Waals surface area contributed by atoms with Crippen LogP contribution in [0.2, 0.25) is 0 Å². The Morgan fingerprint density at radius 2 is 1.65 bits per heavy atom. The summed E-state index contributed by atoms with van der Waals surface area (Å²) in [5.41, 5.74) is 0.185.